The molecule has 0 bridgehead atoms. The third-order valence-corrected chi connectivity index (χ3v) is 5.27. The molecule has 1 aliphatic rings. The Labute approximate surface area is 149 Å². The maximum absolute atomic E-state index is 4.51. The number of hydrogen-bond donors (Lipinski definition) is 0. The van der Waals surface area contributed by atoms with Crippen LogP contribution in [0.3, 0.4) is 0 Å². The summed E-state index contributed by atoms with van der Waals surface area (Å²) in [6.07, 6.45) is 1.87. The van der Waals surface area contributed by atoms with Gasteiger partial charge in [0.25, 0.3) is 0 Å². The van der Waals surface area contributed by atoms with Gasteiger partial charge in [-0.05, 0) is 43.7 Å². The van der Waals surface area contributed by atoms with Crippen molar-refractivity contribution in [2.45, 2.75) is 32.5 Å². The second-order valence-corrected chi connectivity index (χ2v) is 7.11. The Balaban J connectivity index is 1.57. The summed E-state index contributed by atoms with van der Waals surface area (Å²) in [5.74, 6) is 0. The number of nitrogens with zero attached hydrogens (tertiary/aromatic N) is 3. The van der Waals surface area contributed by atoms with Crippen LogP contribution in [0.4, 0.5) is 5.69 Å². The molecule has 128 valence electrons. The molecule has 2 aromatic carbocycles. The Morgan fingerprint density at radius 3 is 2.40 bits per heavy atom. The van der Waals surface area contributed by atoms with Crippen LogP contribution in [0.5, 0.6) is 0 Å². The van der Waals surface area contributed by atoms with Gasteiger partial charge in [-0.1, -0.05) is 36.4 Å². The lowest BCUT2D eigenvalue weighted by atomic mass is 10.0. The molecule has 3 aromatic rings. The van der Waals surface area contributed by atoms with E-state index in [2.05, 4.69) is 83.2 Å². The molecule has 0 radical (unpaired) electrons. The highest BCUT2D eigenvalue weighted by atomic mass is 15.3. The number of piperazine rings is 1. The van der Waals surface area contributed by atoms with E-state index in [1.807, 2.05) is 12.3 Å². The van der Waals surface area contributed by atoms with Gasteiger partial charge in [-0.15, -0.1) is 0 Å². The number of hydrogen-bond acceptors (Lipinski definition) is 3. The summed E-state index contributed by atoms with van der Waals surface area (Å²) in [5.41, 5.74) is 3.78. The Bertz CT molecular complexity index is 829. The fourth-order valence-electron chi connectivity index (χ4n) is 4.02. The maximum atomic E-state index is 4.51. The second-order valence-electron chi connectivity index (χ2n) is 7.11. The van der Waals surface area contributed by atoms with Crippen LogP contribution in [0.25, 0.3) is 10.9 Å². The summed E-state index contributed by atoms with van der Waals surface area (Å²) in [6.45, 7) is 7.80. The van der Waals surface area contributed by atoms with Crippen molar-refractivity contribution in [2.24, 2.45) is 0 Å². The van der Waals surface area contributed by atoms with Gasteiger partial charge >= 0.3 is 0 Å². The van der Waals surface area contributed by atoms with Crippen molar-refractivity contribution in [2.75, 3.05) is 18.0 Å². The van der Waals surface area contributed by atoms with E-state index in [0.29, 0.717) is 12.1 Å². The lowest BCUT2D eigenvalue weighted by molar-refractivity contribution is 0.123. The second kappa shape index (κ2) is 6.85. The lowest BCUT2D eigenvalue weighted by Crippen LogP contribution is -2.56. The van der Waals surface area contributed by atoms with Crippen molar-refractivity contribution in [3.63, 3.8) is 0 Å². The number of rotatable bonds is 3. The van der Waals surface area contributed by atoms with Gasteiger partial charge in [0.2, 0.25) is 0 Å². The number of fused-ring (bicyclic) bond motifs is 1. The molecule has 1 aromatic heterocycles. The summed E-state index contributed by atoms with van der Waals surface area (Å²) < 4.78 is 0. The summed E-state index contributed by atoms with van der Waals surface area (Å²) >= 11 is 0. The van der Waals surface area contributed by atoms with Crippen LogP contribution in [0.15, 0.2) is 66.9 Å². The molecule has 1 saturated heterocycles. The normalized spacial score (nSPS) is 21.6. The summed E-state index contributed by atoms with van der Waals surface area (Å²) in [4.78, 5) is 9.66. The van der Waals surface area contributed by atoms with Crippen molar-refractivity contribution < 1.29 is 0 Å². The maximum Gasteiger partial charge on any atom is 0.0722 e. The molecular weight excluding hydrogens is 306 g/mol. The first-order chi connectivity index (χ1) is 12.2. The molecule has 1 aliphatic heterocycles. The average molecular weight is 331 g/mol. The zero-order valence-corrected chi connectivity index (χ0v) is 15.0. The zero-order chi connectivity index (χ0) is 17.2. The molecule has 0 aliphatic carbocycles. The minimum Gasteiger partial charge on any atom is -0.368 e. The third kappa shape index (κ3) is 3.24. The molecule has 3 heteroatoms. The smallest absolute Gasteiger partial charge is 0.0722 e. The van der Waals surface area contributed by atoms with E-state index >= 15 is 0 Å². The van der Waals surface area contributed by atoms with Gasteiger partial charge in [0.15, 0.2) is 0 Å². The molecule has 3 nitrogen and oxygen atoms in total. The van der Waals surface area contributed by atoms with Crippen molar-refractivity contribution in [1.82, 2.24) is 9.88 Å². The predicted octanol–water partition coefficient (Wildman–Crippen LogP) is 4.33. The molecule has 0 N–H and O–H groups in total. The quantitative estimate of drug-likeness (QED) is 0.712. The van der Waals surface area contributed by atoms with Crippen molar-refractivity contribution in [3.05, 3.63) is 72.4 Å². The fourth-order valence-corrected chi connectivity index (χ4v) is 4.02. The summed E-state index contributed by atoms with van der Waals surface area (Å²) in [5, 5.41) is 1.25. The molecular formula is C22H25N3. The van der Waals surface area contributed by atoms with Crippen LogP contribution < -0.4 is 4.90 Å². The van der Waals surface area contributed by atoms with Crippen LogP contribution >= 0.6 is 0 Å². The standard InChI is InChI=1S/C22H25N3/c1-17-14-24(22-12-6-11-21-20(22)10-7-13-23-21)15-18(2)25(17)16-19-8-4-3-5-9-19/h3-13,17-18H,14-16H2,1-2H3/t17-,18-/m0/s1. The van der Waals surface area contributed by atoms with Crippen molar-refractivity contribution >= 4 is 16.6 Å². The van der Waals surface area contributed by atoms with Gasteiger partial charge in [-0.25, -0.2) is 0 Å². The molecule has 0 amide bonds. The van der Waals surface area contributed by atoms with E-state index in [1.54, 1.807) is 0 Å². The topological polar surface area (TPSA) is 19.4 Å². The summed E-state index contributed by atoms with van der Waals surface area (Å²) in [6, 6.07) is 22.5. The van der Waals surface area contributed by atoms with Crippen LogP contribution in [-0.2, 0) is 6.54 Å². The Kier molecular flexibility index (Phi) is 4.41. The molecule has 0 unspecified atom stereocenters. The molecule has 0 saturated carbocycles. The third-order valence-electron chi connectivity index (χ3n) is 5.27. The van der Waals surface area contributed by atoms with Crippen LogP contribution in [-0.4, -0.2) is 35.1 Å². The van der Waals surface area contributed by atoms with Gasteiger partial charge < -0.3 is 4.90 Å². The minimum absolute atomic E-state index is 0.510. The van der Waals surface area contributed by atoms with Gasteiger partial charge in [-0.3, -0.25) is 9.88 Å². The molecule has 25 heavy (non-hydrogen) atoms. The Morgan fingerprint density at radius 2 is 1.64 bits per heavy atom. The van der Waals surface area contributed by atoms with Crippen LogP contribution in [0.2, 0.25) is 0 Å². The first-order valence-corrected chi connectivity index (χ1v) is 9.11. The van der Waals surface area contributed by atoms with E-state index in [-0.39, 0.29) is 0 Å². The summed E-state index contributed by atoms with van der Waals surface area (Å²) in [7, 11) is 0. The highest BCUT2D eigenvalue weighted by Crippen LogP contribution is 2.29. The SMILES string of the molecule is C[C@H]1CN(c2cccc3ncccc23)C[C@H](C)N1Cc1ccccc1. The van der Waals surface area contributed by atoms with E-state index < -0.39 is 0 Å². The van der Waals surface area contributed by atoms with Crippen molar-refractivity contribution in [3.8, 4) is 0 Å². The average Bonchev–Trinajstić information content (AvgIpc) is 2.65. The van der Waals surface area contributed by atoms with Gasteiger partial charge in [-0.2, -0.15) is 0 Å². The minimum atomic E-state index is 0.510. The first kappa shape index (κ1) is 16.1. The van der Waals surface area contributed by atoms with E-state index in [9.17, 15) is 0 Å². The number of anilines is 1. The van der Waals surface area contributed by atoms with Gasteiger partial charge in [0.05, 0.1) is 5.52 Å². The molecule has 4 rings (SSSR count). The fraction of sp³-hybridized carbons (Fsp3) is 0.318. The number of benzene rings is 2. The molecule has 2 atom stereocenters. The van der Waals surface area contributed by atoms with Crippen molar-refractivity contribution in [1.29, 1.82) is 0 Å². The largest absolute Gasteiger partial charge is 0.368 e. The number of pyridine rings is 1. The van der Waals surface area contributed by atoms with E-state index in [1.165, 1.54) is 16.6 Å². The van der Waals surface area contributed by atoms with Crippen LogP contribution in [0.1, 0.15) is 19.4 Å². The van der Waals surface area contributed by atoms with E-state index in [4.69, 9.17) is 0 Å². The van der Waals surface area contributed by atoms with E-state index in [0.717, 1.165) is 25.2 Å². The molecule has 1 fully saturated rings. The van der Waals surface area contributed by atoms with Gasteiger partial charge in [0, 0.05) is 49.0 Å². The number of aromatic nitrogens is 1. The monoisotopic (exact) mass is 331 g/mol. The highest BCUT2D eigenvalue weighted by Gasteiger charge is 2.30. The van der Waals surface area contributed by atoms with Crippen LogP contribution in [0, 0.1) is 0 Å². The highest BCUT2D eigenvalue weighted by molar-refractivity contribution is 5.91. The predicted molar refractivity (Wildman–Crippen MR) is 105 cm³/mol. The van der Waals surface area contributed by atoms with Gasteiger partial charge in [0.1, 0.15) is 0 Å². The lowest BCUT2D eigenvalue weighted by Gasteiger charge is -2.45. The molecule has 0 spiro atoms. The zero-order valence-electron chi connectivity index (χ0n) is 15.0. The Hall–Kier alpha value is -2.39. The Morgan fingerprint density at radius 1 is 0.880 bits per heavy atom. The molecule has 2 heterocycles. The first-order valence-electron chi connectivity index (χ1n) is 9.11.